The van der Waals surface area contributed by atoms with Gasteiger partial charge in [0.15, 0.2) is 11.4 Å². The van der Waals surface area contributed by atoms with Gasteiger partial charge in [-0.1, -0.05) is 0 Å². The number of nitrogens with zero attached hydrogens (tertiary/aromatic N) is 1. The van der Waals surface area contributed by atoms with E-state index in [1.54, 1.807) is 0 Å². The molecule has 0 aromatic carbocycles. The number of carbonyl (C=O) groups excluding carboxylic acids is 5. The Kier molecular flexibility index (Phi) is 7.92. The van der Waals surface area contributed by atoms with Crippen molar-refractivity contribution in [2.45, 2.75) is 20.4 Å². The zero-order chi connectivity index (χ0) is 21.4. The van der Waals surface area contributed by atoms with Crippen LogP contribution in [0.1, 0.15) is 34.7 Å². The van der Waals surface area contributed by atoms with Crippen LogP contribution in [0.15, 0.2) is 11.0 Å². The van der Waals surface area contributed by atoms with Crippen LogP contribution in [0.2, 0.25) is 0 Å². The molecule has 0 amide bonds. The van der Waals surface area contributed by atoms with Gasteiger partial charge in [0.05, 0.1) is 20.8 Å². The van der Waals surface area contributed by atoms with E-state index < -0.39 is 60.2 Å². The molecular weight excluding hydrogens is 381 g/mol. The molecule has 0 spiro atoms. The molecule has 1 aromatic rings. The Morgan fingerprint density at radius 2 is 1.61 bits per heavy atom. The molecule has 150 valence electrons. The van der Waals surface area contributed by atoms with Crippen molar-refractivity contribution in [2.75, 3.05) is 14.2 Å². The van der Waals surface area contributed by atoms with Crippen LogP contribution >= 0.6 is 0 Å². The SMILES string of the molecule is COC(=O)c1c(OC)c(=O)c(C(=O)OB(OC(C)=O)OC(C)=O)cn1CC=O. The highest BCUT2D eigenvalue weighted by atomic mass is 16.8. The number of hydrogen-bond donors (Lipinski definition) is 0. The second-order valence-corrected chi connectivity index (χ2v) is 4.98. The van der Waals surface area contributed by atoms with Crippen molar-refractivity contribution >= 4 is 37.5 Å². The van der Waals surface area contributed by atoms with E-state index in [1.807, 2.05) is 0 Å². The molecule has 0 fully saturated rings. The molecule has 12 nitrogen and oxygen atoms in total. The Morgan fingerprint density at radius 1 is 1.04 bits per heavy atom. The summed E-state index contributed by atoms with van der Waals surface area (Å²) in [4.78, 5) is 69.7. The molecule has 28 heavy (non-hydrogen) atoms. The highest BCUT2D eigenvalue weighted by Gasteiger charge is 2.36. The van der Waals surface area contributed by atoms with Crippen LogP contribution in [0, 0.1) is 0 Å². The zero-order valence-electron chi connectivity index (χ0n) is 15.4. The fraction of sp³-hybridized carbons (Fsp3) is 0.333. The van der Waals surface area contributed by atoms with E-state index in [4.69, 9.17) is 9.39 Å². The molecule has 0 unspecified atom stereocenters. The van der Waals surface area contributed by atoms with Crippen molar-refractivity contribution < 1.29 is 47.4 Å². The first-order valence-corrected chi connectivity index (χ1v) is 7.55. The van der Waals surface area contributed by atoms with Crippen molar-refractivity contribution in [1.82, 2.24) is 4.57 Å². The van der Waals surface area contributed by atoms with Gasteiger partial charge in [-0.2, -0.15) is 0 Å². The minimum atomic E-state index is -2.05. The molecule has 0 N–H and O–H groups in total. The molecule has 13 heteroatoms. The van der Waals surface area contributed by atoms with Gasteiger partial charge in [-0.25, -0.2) is 9.59 Å². The van der Waals surface area contributed by atoms with Gasteiger partial charge in [0, 0.05) is 20.0 Å². The Balaban J connectivity index is 3.44. The number of carbonyl (C=O) groups is 5. The first-order chi connectivity index (χ1) is 13.2. The van der Waals surface area contributed by atoms with Crippen LogP contribution < -0.4 is 10.2 Å². The van der Waals surface area contributed by atoms with Gasteiger partial charge in [0.25, 0.3) is 11.9 Å². The van der Waals surface area contributed by atoms with E-state index in [-0.39, 0.29) is 0 Å². The Hall–Kier alpha value is -3.64. The number of methoxy groups -OCH3 is 2. The van der Waals surface area contributed by atoms with Gasteiger partial charge in [0.1, 0.15) is 11.8 Å². The Bertz CT molecular complexity index is 844. The first kappa shape index (κ1) is 22.4. The lowest BCUT2D eigenvalue weighted by atomic mass is 10.1. The number of hydrogen-bond acceptors (Lipinski definition) is 11. The van der Waals surface area contributed by atoms with Gasteiger partial charge >= 0.3 is 19.3 Å². The maximum Gasteiger partial charge on any atom is 0.870 e. The molecule has 0 aliphatic heterocycles. The quantitative estimate of drug-likeness (QED) is 0.305. The minimum absolute atomic E-state index is 0.395. The number of pyridine rings is 1. The number of rotatable bonds is 8. The van der Waals surface area contributed by atoms with Gasteiger partial charge in [-0.15, -0.1) is 0 Å². The van der Waals surface area contributed by atoms with E-state index in [2.05, 4.69) is 14.0 Å². The summed E-state index contributed by atoms with van der Waals surface area (Å²) in [7, 11) is 0.0553. The maximum absolute atomic E-state index is 12.5. The van der Waals surface area contributed by atoms with Crippen molar-refractivity contribution in [1.29, 1.82) is 0 Å². The third-order valence-electron chi connectivity index (χ3n) is 3.04. The number of esters is 1. The molecule has 1 aromatic heterocycles. The molecule has 0 aliphatic carbocycles. The van der Waals surface area contributed by atoms with Crippen LogP contribution in [-0.4, -0.2) is 56.3 Å². The fourth-order valence-corrected chi connectivity index (χ4v) is 2.00. The molecular formula is C15H16BNO11. The predicted octanol–water partition coefficient (Wildman–Crippen LogP) is -0.890. The summed E-state index contributed by atoms with van der Waals surface area (Å²) in [5.41, 5.74) is -2.16. The molecule has 0 saturated heterocycles. The second-order valence-electron chi connectivity index (χ2n) is 4.98. The second kappa shape index (κ2) is 9.90. The van der Waals surface area contributed by atoms with Gasteiger partial charge < -0.3 is 32.8 Å². The predicted molar refractivity (Wildman–Crippen MR) is 89.4 cm³/mol. The third-order valence-corrected chi connectivity index (χ3v) is 3.04. The van der Waals surface area contributed by atoms with Crippen LogP contribution in [0.5, 0.6) is 5.75 Å². The Labute approximate surface area is 158 Å². The highest BCUT2D eigenvalue weighted by Crippen LogP contribution is 2.17. The summed E-state index contributed by atoms with van der Waals surface area (Å²) in [6, 6.07) is 0. The topological polar surface area (TPSA) is 154 Å². The summed E-state index contributed by atoms with van der Waals surface area (Å²) in [5, 5.41) is 0. The number of aldehydes is 1. The maximum atomic E-state index is 12.5. The molecule has 0 aliphatic rings. The lowest BCUT2D eigenvalue weighted by molar-refractivity contribution is -0.140. The van der Waals surface area contributed by atoms with E-state index in [9.17, 15) is 28.8 Å². The van der Waals surface area contributed by atoms with Crippen molar-refractivity contribution in [3.8, 4) is 5.75 Å². The lowest BCUT2D eigenvalue weighted by Crippen LogP contribution is -2.35. The molecule has 1 heterocycles. The van der Waals surface area contributed by atoms with Gasteiger partial charge in [0.2, 0.25) is 5.43 Å². The van der Waals surface area contributed by atoms with Gasteiger partial charge in [-0.3, -0.25) is 14.4 Å². The monoisotopic (exact) mass is 397 g/mol. The number of aromatic nitrogens is 1. The van der Waals surface area contributed by atoms with Crippen LogP contribution in [-0.2, 0) is 39.6 Å². The van der Waals surface area contributed by atoms with Crippen molar-refractivity contribution in [3.63, 3.8) is 0 Å². The van der Waals surface area contributed by atoms with Crippen LogP contribution in [0.4, 0.5) is 0 Å². The molecule has 0 radical (unpaired) electrons. The Morgan fingerprint density at radius 3 is 2.04 bits per heavy atom. The minimum Gasteiger partial charge on any atom is -0.491 e. The lowest BCUT2D eigenvalue weighted by Gasteiger charge is -2.16. The fourth-order valence-electron chi connectivity index (χ4n) is 2.00. The van der Waals surface area contributed by atoms with E-state index in [0.29, 0.717) is 6.29 Å². The summed E-state index contributed by atoms with van der Waals surface area (Å²) < 4.78 is 24.1. The molecule has 0 bridgehead atoms. The normalized spacial score (nSPS) is 9.71. The zero-order valence-corrected chi connectivity index (χ0v) is 15.4. The van der Waals surface area contributed by atoms with Crippen LogP contribution in [0.3, 0.4) is 0 Å². The van der Waals surface area contributed by atoms with E-state index in [1.165, 1.54) is 0 Å². The standard InChI is InChI=1S/C15H16BNO11/c1-8(19)26-16(27-9(2)20)28-14(22)10-7-17(5-6-18)11(15(23)25-4)13(24-3)12(10)21/h6-7H,5H2,1-4H3. The smallest absolute Gasteiger partial charge is 0.491 e. The summed E-state index contributed by atoms with van der Waals surface area (Å²) in [5.74, 6) is -4.81. The van der Waals surface area contributed by atoms with E-state index >= 15 is 0 Å². The summed E-state index contributed by atoms with van der Waals surface area (Å²) in [6.45, 7) is 1.50. The highest BCUT2D eigenvalue weighted by molar-refractivity contribution is 6.44. The number of ether oxygens (including phenoxy) is 2. The molecule has 0 saturated carbocycles. The molecule has 1 rings (SSSR count). The average Bonchev–Trinajstić information content (AvgIpc) is 2.60. The largest absolute Gasteiger partial charge is 0.870 e. The average molecular weight is 397 g/mol. The summed E-state index contributed by atoms with van der Waals surface area (Å²) in [6.07, 6.45) is 1.25. The van der Waals surface area contributed by atoms with Crippen LogP contribution in [0.25, 0.3) is 0 Å². The first-order valence-electron chi connectivity index (χ1n) is 7.55. The summed E-state index contributed by atoms with van der Waals surface area (Å²) >= 11 is 0. The molecule has 0 atom stereocenters. The van der Waals surface area contributed by atoms with Crippen molar-refractivity contribution in [3.05, 3.63) is 27.7 Å². The van der Waals surface area contributed by atoms with Gasteiger partial charge in [-0.05, 0) is 0 Å². The van der Waals surface area contributed by atoms with E-state index in [0.717, 1.165) is 38.8 Å². The third kappa shape index (κ3) is 5.43. The van der Waals surface area contributed by atoms with Crippen molar-refractivity contribution in [2.24, 2.45) is 0 Å².